The molecular formula is C17H25NO. The van der Waals surface area contributed by atoms with Gasteiger partial charge in [0.25, 0.3) is 0 Å². The normalized spacial score (nSPS) is 38.2. The second-order valence-electron chi connectivity index (χ2n) is 6.81. The Morgan fingerprint density at radius 3 is 2.63 bits per heavy atom. The first-order chi connectivity index (χ1) is 9.09. The summed E-state index contributed by atoms with van der Waals surface area (Å²) in [5.41, 5.74) is 8.33. The van der Waals surface area contributed by atoms with E-state index in [1.807, 2.05) is 0 Å². The molecule has 0 heterocycles. The van der Waals surface area contributed by atoms with Crippen LogP contribution in [0.3, 0.4) is 0 Å². The number of nitrogens with two attached hydrogens (primary N) is 1. The lowest BCUT2D eigenvalue weighted by Crippen LogP contribution is -2.54. The third-order valence-corrected chi connectivity index (χ3v) is 5.63. The quantitative estimate of drug-likeness (QED) is 0.857. The van der Waals surface area contributed by atoms with E-state index in [-0.39, 0.29) is 5.41 Å². The van der Waals surface area contributed by atoms with Crippen molar-refractivity contribution in [3.05, 3.63) is 35.4 Å². The van der Waals surface area contributed by atoms with E-state index >= 15 is 0 Å². The third kappa shape index (κ3) is 2.02. The molecule has 3 atom stereocenters. The van der Waals surface area contributed by atoms with Gasteiger partial charge in [-0.15, -0.1) is 0 Å². The van der Waals surface area contributed by atoms with Crippen LogP contribution in [0.1, 0.15) is 43.7 Å². The molecule has 1 saturated carbocycles. The Hall–Kier alpha value is -0.860. The Morgan fingerprint density at radius 1 is 1.26 bits per heavy atom. The number of aryl methyl sites for hydroxylation is 1. The number of hydrogen-bond acceptors (Lipinski definition) is 2. The molecule has 3 N–H and O–H groups in total. The van der Waals surface area contributed by atoms with Gasteiger partial charge in [-0.05, 0) is 55.6 Å². The second-order valence-corrected chi connectivity index (χ2v) is 6.81. The fraction of sp³-hybridized carbons (Fsp3) is 0.647. The average molecular weight is 259 g/mol. The number of hydrogen-bond donors (Lipinski definition) is 2. The van der Waals surface area contributed by atoms with Crippen LogP contribution >= 0.6 is 0 Å². The van der Waals surface area contributed by atoms with Gasteiger partial charge in [0.05, 0.1) is 5.60 Å². The highest BCUT2D eigenvalue weighted by Gasteiger charge is 2.53. The zero-order chi connectivity index (χ0) is 13.5. The topological polar surface area (TPSA) is 46.2 Å². The summed E-state index contributed by atoms with van der Waals surface area (Å²) in [6.07, 6.45) is 6.02. The number of fused-ring (bicyclic) bond motifs is 1. The molecule has 1 fully saturated rings. The summed E-state index contributed by atoms with van der Waals surface area (Å²) in [6.45, 7) is 2.85. The largest absolute Gasteiger partial charge is 0.389 e. The first-order valence-electron chi connectivity index (χ1n) is 7.58. The molecule has 2 aliphatic carbocycles. The monoisotopic (exact) mass is 259 g/mol. The van der Waals surface area contributed by atoms with E-state index in [4.69, 9.17) is 5.73 Å². The van der Waals surface area contributed by atoms with Gasteiger partial charge in [-0.1, -0.05) is 31.2 Å². The van der Waals surface area contributed by atoms with Crippen molar-refractivity contribution in [3.8, 4) is 0 Å². The van der Waals surface area contributed by atoms with Gasteiger partial charge in [-0.25, -0.2) is 0 Å². The van der Waals surface area contributed by atoms with Gasteiger partial charge in [0.15, 0.2) is 0 Å². The van der Waals surface area contributed by atoms with Crippen LogP contribution < -0.4 is 5.73 Å². The molecule has 19 heavy (non-hydrogen) atoms. The van der Waals surface area contributed by atoms with Crippen molar-refractivity contribution in [1.82, 2.24) is 0 Å². The molecule has 0 aliphatic heterocycles. The summed E-state index contributed by atoms with van der Waals surface area (Å²) in [5.74, 6) is 0.630. The molecule has 0 amide bonds. The molecule has 1 aromatic carbocycles. The van der Waals surface area contributed by atoms with Crippen molar-refractivity contribution >= 4 is 0 Å². The van der Waals surface area contributed by atoms with Gasteiger partial charge in [-0.2, -0.15) is 0 Å². The Bertz CT molecular complexity index is 472. The lowest BCUT2D eigenvalue weighted by Gasteiger charge is -2.48. The highest BCUT2D eigenvalue weighted by molar-refractivity contribution is 5.32. The Labute approximate surface area is 116 Å². The van der Waals surface area contributed by atoms with Gasteiger partial charge in [-0.3, -0.25) is 0 Å². The third-order valence-electron chi connectivity index (χ3n) is 5.63. The van der Waals surface area contributed by atoms with E-state index in [0.717, 1.165) is 38.5 Å². The van der Waals surface area contributed by atoms with Gasteiger partial charge in [0, 0.05) is 12.0 Å². The van der Waals surface area contributed by atoms with E-state index in [2.05, 4.69) is 31.2 Å². The standard InChI is InChI=1S/C17H25NO/c1-13-6-9-17(19,10-13)16(12-18)8-7-14-4-2-3-5-15(14)11-16/h2-5,13,19H,6-12,18H2,1H3. The zero-order valence-corrected chi connectivity index (χ0v) is 11.9. The molecule has 3 unspecified atom stereocenters. The van der Waals surface area contributed by atoms with Crippen LogP contribution in [0.5, 0.6) is 0 Å². The van der Waals surface area contributed by atoms with Crippen molar-refractivity contribution in [1.29, 1.82) is 0 Å². The van der Waals surface area contributed by atoms with E-state index in [9.17, 15) is 5.11 Å². The van der Waals surface area contributed by atoms with E-state index in [1.165, 1.54) is 11.1 Å². The maximum Gasteiger partial charge on any atom is 0.0721 e. The predicted octanol–water partition coefficient (Wildman–Crippen LogP) is 2.67. The number of aliphatic hydroxyl groups is 1. The summed E-state index contributed by atoms with van der Waals surface area (Å²) in [4.78, 5) is 0. The smallest absolute Gasteiger partial charge is 0.0721 e. The Balaban J connectivity index is 1.94. The molecule has 0 aromatic heterocycles. The van der Waals surface area contributed by atoms with Crippen LogP contribution in [0.25, 0.3) is 0 Å². The number of rotatable bonds is 2. The van der Waals surface area contributed by atoms with Crippen LogP contribution in [-0.4, -0.2) is 17.3 Å². The summed E-state index contributed by atoms with van der Waals surface area (Å²) in [5, 5.41) is 11.2. The fourth-order valence-electron chi connectivity index (χ4n) is 4.31. The SMILES string of the molecule is CC1CCC(O)(C2(CN)CCc3ccccc3C2)C1. The highest BCUT2D eigenvalue weighted by Crippen LogP contribution is 2.51. The summed E-state index contributed by atoms with van der Waals surface area (Å²) in [6, 6.07) is 8.64. The zero-order valence-electron chi connectivity index (χ0n) is 11.9. The maximum absolute atomic E-state index is 11.2. The van der Waals surface area contributed by atoms with Crippen LogP contribution in [-0.2, 0) is 12.8 Å². The summed E-state index contributed by atoms with van der Waals surface area (Å²) in [7, 11) is 0. The van der Waals surface area contributed by atoms with Crippen molar-refractivity contribution in [3.63, 3.8) is 0 Å². The van der Waals surface area contributed by atoms with E-state index < -0.39 is 5.60 Å². The second kappa shape index (κ2) is 4.60. The molecule has 0 radical (unpaired) electrons. The fourth-order valence-corrected chi connectivity index (χ4v) is 4.31. The molecule has 0 spiro atoms. The minimum absolute atomic E-state index is 0.105. The predicted molar refractivity (Wildman–Crippen MR) is 77.9 cm³/mol. The molecule has 2 heteroatoms. The minimum atomic E-state index is -0.547. The van der Waals surface area contributed by atoms with E-state index in [0.29, 0.717) is 12.5 Å². The molecule has 2 aliphatic rings. The lowest BCUT2D eigenvalue weighted by atomic mass is 9.61. The average Bonchev–Trinajstić information content (AvgIpc) is 2.79. The number of benzene rings is 1. The molecule has 1 aromatic rings. The molecule has 2 nitrogen and oxygen atoms in total. The minimum Gasteiger partial charge on any atom is -0.389 e. The van der Waals surface area contributed by atoms with Gasteiger partial charge >= 0.3 is 0 Å². The van der Waals surface area contributed by atoms with Crippen molar-refractivity contribution in [2.24, 2.45) is 17.1 Å². The van der Waals surface area contributed by atoms with Crippen molar-refractivity contribution in [2.75, 3.05) is 6.54 Å². The van der Waals surface area contributed by atoms with Gasteiger partial charge < -0.3 is 10.8 Å². The molecule has 104 valence electrons. The lowest BCUT2D eigenvalue weighted by molar-refractivity contribution is -0.0854. The van der Waals surface area contributed by atoms with Crippen LogP contribution in [0, 0.1) is 11.3 Å². The highest BCUT2D eigenvalue weighted by atomic mass is 16.3. The maximum atomic E-state index is 11.2. The first-order valence-corrected chi connectivity index (χ1v) is 7.58. The van der Waals surface area contributed by atoms with E-state index in [1.54, 1.807) is 0 Å². The summed E-state index contributed by atoms with van der Waals surface area (Å²) >= 11 is 0. The summed E-state index contributed by atoms with van der Waals surface area (Å²) < 4.78 is 0. The van der Waals surface area contributed by atoms with Crippen LogP contribution in [0.4, 0.5) is 0 Å². The van der Waals surface area contributed by atoms with Crippen molar-refractivity contribution < 1.29 is 5.11 Å². The van der Waals surface area contributed by atoms with Crippen LogP contribution in [0.15, 0.2) is 24.3 Å². The Kier molecular flexibility index (Phi) is 3.18. The molecule has 0 bridgehead atoms. The van der Waals surface area contributed by atoms with Gasteiger partial charge in [0.1, 0.15) is 0 Å². The first kappa shape index (κ1) is 13.1. The molecular weight excluding hydrogens is 234 g/mol. The van der Waals surface area contributed by atoms with Crippen LogP contribution in [0.2, 0.25) is 0 Å². The Morgan fingerprint density at radius 2 is 2.00 bits per heavy atom. The van der Waals surface area contributed by atoms with Gasteiger partial charge in [0.2, 0.25) is 0 Å². The molecule has 0 saturated heterocycles. The molecule has 3 rings (SSSR count). The van der Waals surface area contributed by atoms with Crippen molar-refractivity contribution in [2.45, 2.75) is 51.0 Å².